The largest absolute Gasteiger partial charge is 0.362 e. The number of rotatable bonds is 2. The normalized spacial score (nSPS) is 25.3. The summed E-state index contributed by atoms with van der Waals surface area (Å²) in [7, 11) is 1.65. The summed E-state index contributed by atoms with van der Waals surface area (Å²) >= 11 is 0. The molecule has 0 bridgehead atoms. The molecule has 64 valence electrons. The highest BCUT2D eigenvalue weighted by atomic mass is 16.5. The summed E-state index contributed by atoms with van der Waals surface area (Å²) in [6, 6.07) is 0.259. The summed E-state index contributed by atoms with van der Waals surface area (Å²) in [4.78, 5) is 13.0. The number of likely N-dealkylation sites (tertiary alicyclic amines) is 1. The van der Waals surface area contributed by atoms with Crippen molar-refractivity contribution in [3.8, 4) is 0 Å². The summed E-state index contributed by atoms with van der Waals surface area (Å²) in [5, 5.41) is 0. The molecule has 1 atom stereocenters. The molecule has 1 saturated heterocycles. The number of hydrogen-bond acceptors (Lipinski definition) is 2. The van der Waals surface area contributed by atoms with Crippen LogP contribution in [0.1, 0.15) is 26.7 Å². The maximum atomic E-state index is 11.2. The van der Waals surface area contributed by atoms with Crippen molar-refractivity contribution in [2.45, 2.75) is 39.0 Å². The highest BCUT2D eigenvalue weighted by Crippen LogP contribution is 2.21. The zero-order chi connectivity index (χ0) is 8.43. The average molecular weight is 157 g/mol. The minimum atomic E-state index is 0.0162. The Morgan fingerprint density at radius 3 is 2.64 bits per heavy atom. The van der Waals surface area contributed by atoms with E-state index in [1.807, 2.05) is 13.8 Å². The van der Waals surface area contributed by atoms with Gasteiger partial charge < -0.3 is 9.64 Å². The first kappa shape index (κ1) is 8.53. The molecule has 11 heavy (non-hydrogen) atoms. The van der Waals surface area contributed by atoms with Crippen LogP contribution in [0.15, 0.2) is 0 Å². The fraction of sp³-hybridized carbons (Fsp3) is 0.875. The van der Waals surface area contributed by atoms with Crippen LogP contribution >= 0.6 is 0 Å². The first-order chi connectivity index (χ1) is 5.16. The molecule has 0 unspecified atom stereocenters. The smallest absolute Gasteiger partial charge is 0.225 e. The van der Waals surface area contributed by atoms with Gasteiger partial charge in [0.05, 0.1) is 0 Å². The van der Waals surface area contributed by atoms with E-state index in [0.717, 1.165) is 6.42 Å². The lowest BCUT2D eigenvalue weighted by molar-refractivity contribution is -0.137. The summed E-state index contributed by atoms with van der Waals surface area (Å²) < 4.78 is 5.16. The predicted octanol–water partition coefficient (Wildman–Crippen LogP) is 0.990. The van der Waals surface area contributed by atoms with E-state index in [9.17, 15) is 4.79 Å². The first-order valence-electron chi connectivity index (χ1n) is 4.00. The van der Waals surface area contributed by atoms with Crippen LogP contribution in [0.25, 0.3) is 0 Å². The molecule has 1 aliphatic heterocycles. The molecule has 3 nitrogen and oxygen atoms in total. The molecule has 0 saturated carbocycles. The van der Waals surface area contributed by atoms with E-state index in [-0.39, 0.29) is 18.2 Å². The molecule has 1 aliphatic rings. The maximum Gasteiger partial charge on any atom is 0.225 e. The van der Waals surface area contributed by atoms with Gasteiger partial charge in [0.25, 0.3) is 0 Å². The lowest BCUT2D eigenvalue weighted by Gasteiger charge is -2.27. The van der Waals surface area contributed by atoms with Crippen molar-refractivity contribution in [2.24, 2.45) is 0 Å². The second-order valence-corrected chi connectivity index (χ2v) is 3.12. The van der Waals surface area contributed by atoms with Crippen molar-refractivity contribution >= 4 is 5.91 Å². The number of hydrogen-bond donors (Lipinski definition) is 0. The predicted molar refractivity (Wildman–Crippen MR) is 42.0 cm³/mol. The van der Waals surface area contributed by atoms with Crippen molar-refractivity contribution in [1.82, 2.24) is 4.90 Å². The van der Waals surface area contributed by atoms with Crippen LogP contribution in [0.5, 0.6) is 0 Å². The minimum Gasteiger partial charge on any atom is -0.362 e. The Kier molecular flexibility index (Phi) is 2.49. The van der Waals surface area contributed by atoms with E-state index in [2.05, 4.69) is 0 Å². The molecular weight excluding hydrogens is 142 g/mol. The molecule has 0 N–H and O–H groups in total. The summed E-state index contributed by atoms with van der Waals surface area (Å²) in [6.45, 7) is 4.02. The fourth-order valence-corrected chi connectivity index (χ4v) is 1.53. The molecule has 1 amide bonds. The Balaban J connectivity index is 2.63. The summed E-state index contributed by atoms with van der Waals surface area (Å²) in [6.07, 6.45) is 1.49. The lowest BCUT2D eigenvalue weighted by Crippen LogP contribution is -2.39. The van der Waals surface area contributed by atoms with Gasteiger partial charge in [-0.05, 0) is 13.8 Å². The van der Waals surface area contributed by atoms with Crippen molar-refractivity contribution in [3.63, 3.8) is 0 Å². The monoisotopic (exact) mass is 157 g/mol. The summed E-state index contributed by atoms with van der Waals surface area (Å²) in [5.41, 5.74) is 0. The van der Waals surface area contributed by atoms with E-state index in [4.69, 9.17) is 4.74 Å². The van der Waals surface area contributed by atoms with Gasteiger partial charge >= 0.3 is 0 Å². The number of amides is 1. The van der Waals surface area contributed by atoms with Gasteiger partial charge in [0.15, 0.2) is 0 Å². The lowest BCUT2D eigenvalue weighted by atomic mass is 10.3. The fourth-order valence-electron chi connectivity index (χ4n) is 1.53. The van der Waals surface area contributed by atoms with Gasteiger partial charge in [-0.2, -0.15) is 0 Å². The molecular formula is C8H15NO2. The quantitative estimate of drug-likeness (QED) is 0.598. The van der Waals surface area contributed by atoms with Gasteiger partial charge in [-0.1, -0.05) is 0 Å². The topological polar surface area (TPSA) is 29.5 Å². The van der Waals surface area contributed by atoms with Gasteiger partial charge in [-0.25, -0.2) is 0 Å². The summed E-state index contributed by atoms with van der Waals surface area (Å²) in [5.74, 6) is 0.215. The van der Waals surface area contributed by atoms with Gasteiger partial charge in [0.2, 0.25) is 5.91 Å². The van der Waals surface area contributed by atoms with E-state index < -0.39 is 0 Å². The van der Waals surface area contributed by atoms with Gasteiger partial charge in [-0.3, -0.25) is 4.79 Å². The number of methoxy groups -OCH3 is 1. The van der Waals surface area contributed by atoms with Crippen LogP contribution in [0, 0.1) is 0 Å². The van der Waals surface area contributed by atoms with Crippen molar-refractivity contribution in [2.75, 3.05) is 7.11 Å². The molecule has 0 aliphatic carbocycles. The molecule has 0 aromatic carbocycles. The molecule has 1 heterocycles. The van der Waals surface area contributed by atoms with Crippen LogP contribution < -0.4 is 0 Å². The van der Waals surface area contributed by atoms with Crippen LogP contribution in [0.3, 0.4) is 0 Å². The van der Waals surface area contributed by atoms with E-state index in [1.54, 1.807) is 12.0 Å². The Bertz CT molecular complexity index is 156. The van der Waals surface area contributed by atoms with Crippen LogP contribution in [0.4, 0.5) is 0 Å². The van der Waals surface area contributed by atoms with Crippen LogP contribution in [-0.4, -0.2) is 30.2 Å². The highest BCUT2D eigenvalue weighted by Gasteiger charge is 2.32. The van der Waals surface area contributed by atoms with E-state index in [0.29, 0.717) is 6.42 Å². The molecule has 3 heteroatoms. The Labute approximate surface area is 67.3 Å². The standard InChI is InChI=1S/C8H15NO2/c1-6(2)9-7(10)4-5-8(9)11-3/h6,8H,4-5H2,1-3H3/t8-/m1/s1. The minimum absolute atomic E-state index is 0.0162. The maximum absolute atomic E-state index is 11.2. The first-order valence-corrected chi connectivity index (χ1v) is 4.00. The number of nitrogens with zero attached hydrogens (tertiary/aromatic N) is 1. The van der Waals surface area contributed by atoms with Gasteiger partial charge in [0.1, 0.15) is 6.23 Å². The van der Waals surface area contributed by atoms with Crippen LogP contribution in [0.2, 0.25) is 0 Å². The second-order valence-electron chi connectivity index (χ2n) is 3.12. The van der Waals surface area contributed by atoms with Crippen molar-refractivity contribution in [1.29, 1.82) is 0 Å². The molecule has 0 aromatic heterocycles. The SMILES string of the molecule is CO[C@@H]1CCC(=O)N1C(C)C. The Hall–Kier alpha value is -0.570. The highest BCUT2D eigenvalue weighted by molar-refractivity contribution is 5.78. The van der Waals surface area contributed by atoms with Crippen molar-refractivity contribution in [3.05, 3.63) is 0 Å². The Morgan fingerprint density at radius 1 is 1.64 bits per heavy atom. The molecule has 0 spiro atoms. The number of ether oxygens (including phenoxy) is 1. The number of carbonyl (C=O) groups is 1. The third kappa shape index (κ3) is 1.53. The van der Waals surface area contributed by atoms with Crippen molar-refractivity contribution < 1.29 is 9.53 Å². The van der Waals surface area contributed by atoms with Gasteiger partial charge in [0, 0.05) is 26.0 Å². The molecule has 0 radical (unpaired) electrons. The zero-order valence-electron chi connectivity index (χ0n) is 7.33. The average Bonchev–Trinajstić information content (AvgIpc) is 2.30. The molecule has 0 aromatic rings. The van der Waals surface area contributed by atoms with E-state index in [1.165, 1.54) is 0 Å². The molecule has 1 fully saturated rings. The zero-order valence-corrected chi connectivity index (χ0v) is 7.33. The Morgan fingerprint density at radius 2 is 2.27 bits per heavy atom. The third-order valence-corrected chi connectivity index (χ3v) is 2.03. The van der Waals surface area contributed by atoms with Crippen LogP contribution in [-0.2, 0) is 9.53 Å². The third-order valence-electron chi connectivity index (χ3n) is 2.03. The van der Waals surface area contributed by atoms with Gasteiger partial charge in [-0.15, -0.1) is 0 Å². The molecule has 1 rings (SSSR count). The van der Waals surface area contributed by atoms with E-state index >= 15 is 0 Å². The number of carbonyl (C=O) groups excluding carboxylic acids is 1. The second kappa shape index (κ2) is 3.22.